The highest BCUT2D eigenvalue weighted by molar-refractivity contribution is 6.04. The number of ether oxygens (including phenoxy) is 1. The smallest absolute Gasteiger partial charge is 0.259 e. The fourth-order valence-corrected chi connectivity index (χ4v) is 2.72. The summed E-state index contributed by atoms with van der Waals surface area (Å²) in [5.41, 5.74) is 3.95. The Morgan fingerprint density at radius 2 is 1.70 bits per heavy atom. The van der Waals surface area contributed by atoms with E-state index in [1.165, 1.54) is 5.56 Å². The molecule has 0 bridgehead atoms. The predicted octanol–water partition coefficient (Wildman–Crippen LogP) is 4.84. The summed E-state index contributed by atoms with van der Waals surface area (Å²) >= 11 is 0. The van der Waals surface area contributed by atoms with Gasteiger partial charge < -0.3 is 10.1 Å². The van der Waals surface area contributed by atoms with E-state index in [0.29, 0.717) is 23.0 Å². The molecule has 0 atom stereocenters. The van der Waals surface area contributed by atoms with E-state index in [1.54, 1.807) is 13.3 Å². The van der Waals surface area contributed by atoms with Crippen LogP contribution >= 0.6 is 0 Å². The lowest BCUT2D eigenvalue weighted by atomic mass is 10.0. The highest BCUT2D eigenvalue weighted by Gasteiger charge is 2.13. The van der Waals surface area contributed by atoms with E-state index in [0.717, 1.165) is 17.0 Å². The van der Waals surface area contributed by atoms with Gasteiger partial charge in [0.15, 0.2) is 5.82 Å². The largest absolute Gasteiger partial charge is 0.497 e. The van der Waals surface area contributed by atoms with Crippen molar-refractivity contribution in [2.75, 3.05) is 12.4 Å². The maximum atomic E-state index is 12.6. The Balaban J connectivity index is 1.77. The third-order valence-corrected chi connectivity index (χ3v) is 4.41. The number of anilines is 1. The van der Waals surface area contributed by atoms with Crippen molar-refractivity contribution in [1.82, 2.24) is 9.97 Å². The van der Waals surface area contributed by atoms with Gasteiger partial charge in [-0.3, -0.25) is 4.79 Å². The molecular weight excluding hydrogens is 338 g/mol. The maximum absolute atomic E-state index is 12.6. The number of amides is 1. The molecule has 1 amide bonds. The fourth-order valence-electron chi connectivity index (χ4n) is 2.72. The fraction of sp³-hybridized carbons (Fsp3) is 0.227. The molecule has 0 unspecified atom stereocenters. The second kappa shape index (κ2) is 7.99. The quantitative estimate of drug-likeness (QED) is 0.706. The number of nitrogens with zero attached hydrogens (tertiary/aromatic N) is 2. The van der Waals surface area contributed by atoms with Crippen LogP contribution in [0.3, 0.4) is 0 Å². The Bertz CT molecular complexity index is 933. The van der Waals surface area contributed by atoms with Gasteiger partial charge in [-0.15, -0.1) is 0 Å². The standard InChI is InChI=1S/C22H23N3O2/c1-14(2)16-5-9-18(10-6-16)25-22(26)20-13-23-21(24-15(20)3)17-7-11-19(27-4)12-8-17/h5-14H,1-4H3,(H,25,26). The monoisotopic (exact) mass is 361 g/mol. The van der Waals surface area contributed by atoms with Gasteiger partial charge in [-0.2, -0.15) is 0 Å². The maximum Gasteiger partial charge on any atom is 0.259 e. The van der Waals surface area contributed by atoms with Crippen molar-refractivity contribution in [2.45, 2.75) is 26.7 Å². The first-order chi connectivity index (χ1) is 13.0. The summed E-state index contributed by atoms with van der Waals surface area (Å²) in [6, 6.07) is 15.4. The number of carbonyl (C=O) groups is 1. The molecule has 1 N–H and O–H groups in total. The summed E-state index contributed by atoms with van der Waals surface area (Å²) in [7, 11) is 1.62. The van der Waals surface area contributed by atoms with Crippen LogP contribution in [0.15, 0.2) is 54.7 Å². The molecule has 2 aromatic carbocycles. The molecule has 0 saturated carbocycles. The molecule has 1 aromatic heterocycles. The number of hydrogen-bond acceptors (Lipinski definition) is 4. The zero-order chi connectivity index (χ0) is 19.4. The van der Waals surface area contributed by atoms with Gasteiger partial charge in [-0.25, -0.2) is 9.97 Å². The molecule has 0 saturated heterocycles. The van der Waals surface area contributed by atoms with Crippen molar-refractivity contribution < 1.29 is 9.53 Å². The minimum Gasteiger partial charge on any atom is -0.497 e. The van der Waals surface area contributed by atoms with Gasteiger partial charge in [0, 0.05) is 17.4 Å². The number of nitrogens with one attached hydrogen (secondary N) is 1. The van der Waals surface area contributed by atoms with Crippen LogP contribution < -0.4 is 10.1 Å². The number of carbonyl (C=O) groups excluding carboxylic acids is 1. The Morgan fingerprint density at radius 3 is 2.26 bits per heavy atom. The van der Waals surface area contributed by atoms with E-state index < -0.39 is 0 Å². The molecule has 0 aliphatic carbocycles. The summed E-state index contributed by atoms with van der Waals surface area (Å²) < 4.78 is 5.16. The van der Waals surface area contributed by atoms with E-state index in [4.69, 9.17) is 4.74 Å². The summed E-state index contributed by atoms with van der Waals surface area (Å²) in [5.74, 6) is 1.59. The zero-order valence-electron chi connectivity index (χ0n) is 16.0. The molecule has 5 nitrogen and oxygen atoms in total. The van der Waals surface area contributed by atoms with Crippen LogP contribution in [0.5, 0.6) is 5.75 Å². The molecule has 5 heteroatoms. The molecule has 0 aliphatic heterocycles. The van der Waals surface area contributed by atoms with Crippen molar-refractivity contribution in [2.24, 2.45) is 0 Å². The molecule has 0 radical (unpaired) electrons. The van der Waals surface area contributed by atoms with Gasteiger partial charge in [0.2, 0.25) is 0 Å². The first-order valence-corrected chi connectivity index (χ1v) is 8.87. The predicted molar refractivity (Wildman–Crippen MR) is 107 cm³/mol. The average molecular weight is 361 g/mol. The highest BCUT2D eigenvalue weighted by Crippen LogP contribution is 2.21. The minimum atomic E-state index is -0.217. The summed E-state index contributed by atoms with van der Waals surface area (Å²) in [6.45, 7) is 6.09. The summed E-state index contributed by atoms with van der Waals surface area (Å²) in [6.07, 6.45) is 1.57. The van der Waals surface area contributed by atoms with Crippen LogP contribution in [0.2, 0.25) is 0 Å². The van der Waals surface area contributed by atoms with Crippen LogP contribution in [0.25, 0.3) is 11.4 Å². The van der Waals surface area contributed by atoms with Crippen LogP contribution in [-0.4, -0.2) is 23.0 Å². The number of rotatable bonds is 5. The number of benzene rings is 2. The second-order valence-corrected chi connectivity index (χ2v) is 6.65. The van der Waals surface area contributed by atoms with Gasteiger partial charge >= 0.3 is 0 Å². The van der Waals surface area contributed by atoms with Crippen molar-refractivity contribution in [1.29, 1.82) is 0 Å². The topological polar surface area (TPSA) is 64.1 Å². The third kappa shape index (κ3) is 4.31. The van der Waals surface area contributed by atoms with E-state index in [9.17, 15) is 4.79 Å². The Kier molecular flexibility index (Phi) is 5.50. The first-order valence-electron chi connectivity index (χ1n) is 8.87. The molecular formula is C22H23N3O2. The number of methoxy groups -OCH3 is 1. The van der Waals surface area contributed by atoms with Gasteiger partial charge in [0.1, 0.15) is 5.75 Å². The zero-order valence-corrected chi connectivity index (χ0v) is 16.0. The summed E-state index contributed by atoms with van der Waals surface area (Å²) in [5, 5.41) is 2.90. The minimum absolute atomic E-state index is 0.217. The summed E-state index contributed by atoms with van der Waals surface area (Å²) in [4.78, 5) is 21.4. The average Bonchev–Trinajstić information content (AvgIpc) is 2.68. The van der Waals surface area contributed by atoms with Gasteiger partial charge in [0.25, 0.3) is 5.91 Å². The second-order valence-electron chi connectivity index (χ2n) is 6.65. The molecule has 0 fully saturated rings. The van der Waals surface area contributed by atoms with Gasteiger partial charge in [-0.05, 0) is 54.8 Å². The third-order valence-electron chi connectivity index (χ3n) is 4.41. The number of aryl methyl sites for hydroxylation is 1. The van der Waals surface area contributed by atoms with Gasteiger partial charge in [0.05, 0.1) is 18.4 Å². The first kappa shape index (κ1) is 18.6. The lowest BCUT2D eigenvalue weighted by molar-refractivity contribution is 0.102. The molecule has 3 aromatic rings. The van der Waals surface area contributed by atoms with Crippen LogP contribution in [-0.2, 0) is 0 Å². The van der Waals surface area contributed by atoms with E-state index in [1.807, 2.05) is 55.5 Å². The van der Waals surface area contributed by atoms with E-state index >= 15 is 0 Å². The Hall–Kier alpha value is -3.21. The van der Waals surface area contributed by atoms with E-state index in [2.05, 4.69) is 29.1 Å². The Labute approximate surface area is 159 Å². The molecule has 0 spiro atoms. The molecule has 1 heterocycles. The van der Waals surface area contributed by atoms with Crippen molar-refractivity contribution in [3.63, 3.8) is 0 Å². The normalized spacial score (nSPS) is 10.7. The lowest BCUT2D eigenvalue weighted by Crippen LogP contribution is -2.15. The van der Waals surface area contributed by atoms with Crippen LogP contribution in [0.4, 0.5) is 5.69 Å². The Morgan fingerprint density at radius 1 is 1.04 bits per heavy atom. The molecule has 3 rings (SSSR count). The number of aromatic nitrogens is 2. The highest BCUT2D eigenvalue weighted by atomic mass is 16.5. The van der Waals surface area contributed by atoms with Crippen molar-refractivity contribution >= 4 is 11.6 Å². The number of hydrogen-bond donors (Lipinski definition) is 1. The van der Waals surface area contributed by atoms with Gasteiger partial charge in [-0.1, -0.05) is 26.0 Å². The van der Waals surface area contributed by atoms with Crippen molar-refractivity contribution in [3.8, 4) is 17.1 Å². The molecule has 0 aliphatic rings. The lowest BCUT2D eigenvalue weighted by Gasteiger charge is -2.10. The van der Waals surface area contributed by atoms with E-state index in [-0.39, 0.29) is 5.91 Å². The van der Waals surface area contributed by atoms with Crippen LogP contribution in [0, 0.1) is 6.92 Å². The van der Waals surface area contributed by atoms with Crippen LogP contribution in [0.1, 0.15) is 41.4 Å². The SMILES string of the molecule is COc1ccc(-c2ncc(C(=O)Nc3ccc(C(C)C)cc3)c(C)n2)cc1. The molecule has 138 valence electrons. The van der Waals surface area contributed by atoms with Crippen molar-refractivity contribution in [3.05, 3.63) is 71.5 Å². The molecule has 27 heavy (non-hydrogen) atoms.